The van der Waals surface area contributed by atoms with E-state index in [1.54, 1.807) is 0 Å². The van der Waals surface area contributed by atoms with Crippen molar-refractivity contribution in [2.45, 2.75) is 39.3 Å². The van der Waals surface area contributed by atoms with E-state index in [1.165, 1.54) is 21.5 Å². The molecule has 0 N–H and O–H groups in total. The minimum Gasteiger partial charge on any atom is -0.208 e. The first-order chi connectivity index (χ1) is 21.0. The van der Waals surface area contributed by atoms with Crippen LogP contribution in [-0.2, 0) is 0 Å². The Bertz CT molecular complexity index is 1750. The Balaban J connectivity index is 1.55. The lowest BCUT2D eigenvalue weighted by Crippen LogP contribution is -2.37. The Morgan fingerprint density at radius 1 is 0.318 bits per heavy atom. The number of hydrogen-bond acceptors (Lipinski definition) is 3. The molecule has 0 aliphatic carbocycles. The van der Waals surface area contributed by atoms with E-state index < -0.39 is 16.1 Å². The van der Waals surface area contributed by atoms with Gasteiger partial charge in [0.05, 0.1) is 16.1 Å². The van der Waals surface area contributed by atoms with Crippen LogP contribution in [0.5, 0.6) is 0 Å². The van der Waals surface area contributed by atoms with Crippen molar-refractivity contribution < 1.29 is 0 Å². The normalized spacial score (nSPS) is 11.9. The molecule has 1 aromatic heterocycles. The lowest BCUT2D eigenvalue weighted by atomic mass is 9.95. The number of hydrogen-bond donors (Lipinski definition) is 0. The van der Waals surface area contributed by atoms with Gasteiger partial charge in [0.25, 0.3) is 0 Å². The molecule has 0 bridgehead atoms. The molecule has 0 atom stereocenters. The van der Waals surface area contributed by atoms with E-state index in [0.717, 1.165) is 27.8 Å². The predicted octanol–water partition coefficient (Wildman–Crippen LogP) is 9.30. The van der Waals surface area contributed by atoms with Crippen molar-refractivity contribution in [3.8, 4) is 56.4 Å². The highest BCUT2D eigenvalue weighted by molar-refractivity contribution is 6.89. The molecule has 6 rings (SSSR count). The van der Waals surface area contributed by atoms with Gasteiger partial charge in [0.15, 0.2) is 17.5 Å². The minimum atomic E-state index is -1.41. The molecule has 0 aliphatic heterocycles. The first-order valence-corrected chi connectivity index (χ1v) is 22.3. The molecule has 5 heteroatoms. The van der Waals surface area contributed by atoms with Crippen molar-refractivity contribution in [2.75, 3.05) is 0 Å². The Labute approximate surface area is 263 Å². The van der Waals surface area contributed by atoms with Gasteiger partial charge in [-0.15, -0.1) is 0 Å². The SMILES string of the molecule is C[Si](C)(C)c1ccc(-c2cc(-c3ccc([Si](C)(C)C)cc3)cc(-c3nc(-c4ccccc4)nc(-c4ccccc4)n3)c2)cc1. The van der Waals surface area contributed by atoms with Crippen molar-refractivity contribution in [3.05, 3.63) is 127 Å². The van der Waals surface area contributed by atoms with E-state index in [-0.39, 0.29) is 0 Å². The lowest BCUT2D eigenvalue weighted by Gasteiger charge is -2.18. The summed E-state index contributed by atoms with van der Waals surface area (Å²) in [6.07, 6.45) is 0. The van der Waals surface area contributed by atoms with Gasteiger partial charge in [0.2, 0.25) is 0 Å². The molecule has 0 aliphatic rings. The highest BCUT2D eigenvalue weighted by Crippen LogP contribution is 2.33. The molecule has 218 valence electrons. The van der Waals surface area contributed by atoms with Crippen molar-refractivity contribution in [1.29, 1.82) is 0 Å². The van der Waals surface area contributed by atoms with Crippen LogP contribution in [0.3, 0.4) is 0 Å². The van der Waals surface area contributed by atoms with E-state index in [9.17, 15) is 0 Å². The molecule has 5 aromatic carbocycles. The smallest absolute Gasteiger partial charge is 0.164 e. The summed E-state index contributed by atoms with van der Waals surface area (Å²) in [5.41, 5.74) is 7.58. The summed E-state index contributed by atoms with van der Waals surface area (Å²) in [5.74, 6) is 2.00. The molecule has 44 heavy (non-hydrogen) atoms. The highest BCUT2D eigenvalue weighted by Gasteiger charge is 2.19. The van der Waals surface area contributed by atoms with Crippen LogP contribution < -0.4 is 10.4 Å². The van der Waals surface area contributed by atoms with E-state index in [1.807, 2.05) is 36.4 Å². The van der Waals surface area contributed by atoms with Crippen molar-refractivity contribution in [3.63, 3.8) is 0 Å². The van der Waals surface area contributed by atoms with Gasteiger partial charge in [0.1, 0.15) is 0 Å². The number of rotatable bonds is 7. The van der Waals surface area contributed by atoms with Crippen LogP contribution in [0, 0.1) is 0 Å². The van der Waals surface area contributed by atoms with E-state index in [2.05, 4.69) is 130 Å². The second kappa shape index (κ2) is 11.9. The largest absolute Gasteiger partial charge is 0.208 e. The average Bonchev–Trinajstić information content (AvgIpc) is 3.04. The summed E-state index contributed by atoms with van der Waals surface area (Å²) in [4.78, 5) is 15.0. The van der Waals surface area contributed by atoms with Gasteiger partial charge in [0, 0.05) is 16.7 Å². The first kappa shape index (κ1) is 29.6. The molecule has 0 spiro atoms. The standard InChI is InChI=1S/C39H39N3Si2/c1-43(2,3)35-21-17-28(18-22-35)32-25-33(29-19-23-36(24-20-29)44(4,5)6)27-34(26-32)39-41-37(30-13-9-7-10-14-30)40-38(42-39)31-15-11-8-12-16-31/h7-27H,1-6H3. The fourth-order valence-electron chi connectivity index (χ4n) is 5.35. The quantitative estimate of drug-likeness (QED) is 0.170. The van der Waals surface area contributed by atoms with Crippen LogP contribution >= 0.6 is 0 Å². The molecule has 0 fully saturated rings. The lowest BCUT2D eigenvalue weighted by molar-refractivity contribution is 1.07. The number of nitrogens with zero attached hydrogens (tertiary/aromatic N) is 3. The Morgan fingerprint density at radius 3 is 0.977 bits per heavy atom. The van der Waals surface area contributed by atoms with Crippen molar-refractivity contribution >= 4 is 26.5 Å². The van der Waals surface area contributed by atoms with Crippen LogP contribution in [0.25, 0.3) is 56.4 Å². The molecular weight excluding hydrogens is 567 g/mol. The van der Waals surface area contributed by atoms with Gasteiger partial charge in [-0.3, -0.25) is 0 Å². The molecule has 3 nitrogen and oxygen atoms in total. The second-order valence-corrected chi connectivity index (χ2v) is 23.6. The maximum absolute atomic E-state index is 5.05. The summed E-state index contributed by atoms with van der Waals surface area (Å²) in [5, 5.41) is 2.91. The third-order valence-corrected chi connectivity index (χ3v) is 12.2. The summed E-state index contributed by atoms with van der Waals surface area (Å²) < 4.78 is 0. The fourth-order valence-corrected chi connectivity index (χ4v) is 7.69. The zero-order chi connectivity index (χ0) is 30.9. The predicted molar refractivity (Wildman–Crippen MR) is 193 cm³/mol. The molecule has 0 amide bonds. The zero-order valence-corrected chi connectivity index (χ0v) is 28.5. The van der Waals surface area contributed by atoms with Gasteiger partial charge in [-0.05, 0) is 40.5 Å². The number of aromatic nitrogens is 3. The first-order valence-electron chi connectivity index (χ1n) is 15.3. The molecule has 1 heterocycles. The Morgan fingerprint density at radius 2 is 0.636 bits per heavy atom. The topological polar surface area (TPSA) is 38.7 Å². The van der Waals surface area contributed by atoms with Gasteiger partial charge >= 0.3 is 0 Å². The average molecular weight is 606 g/mol. The summed E-state index contributed by atoms with van der Waals surface area (Å²) in [6, 6.07) is 45.4. The molecule has 0 saturated heterocycles. The van der Waals surface area contributed by atoms with Crippen LogP contribution in [-0.4, -0.2) is 31.1 Å². The van der Waals surface area contributed by atoms with Crippen LogP contribution in [0.2, 0.25) is 39.3 Å². The maximum Gasteiger partial charge on any atom is 0.164 e. The van der Waals surface area contributed by atoms with Crippen molar-refractivity contribution in [1.82, 2.24) is 15.0 Å². The molecule has 6 aromatic rings. The fraction of sp³-hybridized carbons (Fsp3) is 0.154. The summed E-state index contributed by atoms with van der Waals surface area (Å²) in [6.45, 7) is 14.3. The third kappa shape index (κ3) is 6.54. The van der Waals surface area contributed by atoms with Crippen LogP contribution in [0.15, 0.2) is 127 Å². The van der Waals surface area contributed by atoms with E-state index in [4.69, 9.17) is 15.0 Å². The highest BCUT2D eigenvalue weighted by atomic mass is 28.3. The molecule has 0 radical (unpaired) electrons. The Hall–Kier alpha value is -4.46. The van der Waals surface area contributed by atoms with Crippen LogP contribution in [0.4, 0.5) is 0 Å². The second-order valence-electron chi connectivity index (χ2n) is 13.5. The monoisotopic (exact) mass is 605 g/mol. The van der Waals surface area contributed by atoms with E-state index in [0.29, 0.717) is 17.5 Å². The summed E-state index contributed by atoms with van der Waals surface area (Å²) in [7, 11) is -2.81. The van der Waals surface area contributed by atoms with Gasteiger partial charge in [-0.25, -0.2) is 15.0 Å². The van der Waals surface area contributed by atoms with Gasteiger partial charge in [-0.1, -0.05) is 159 Å². The molecule has 0 unspecified atom stereocenters. The third-order valence-electron chi connectivity index (χ3n) is 8.06. The zero-order valence-electron chi connectivity index (χ0n) is 26.5. The molecular formula is C39H39N3Si2. The summed E-state index contributed by atoms with van der Waals surface area (Å²) >= 11 is 0. The van der Waals surface area contributed by atoms with Crippen LogP contribution in [0.1, 0.15) is 0 Å². The molecule has 0 saturated carbocycles. The van der Waals surface area contributed by atoms with Crippen molar-refractivity contribution in [2.24, 2.45) is 0 Å². The Kier molecular flexibility index (Phi) is 8.01. The van der Waals surface area contributed by atoms with E-state index >= 15 is 0 Å². The number of benzene rings is 5. The minimum absolute atomic E-state index is 0.665. The van der Waals surface area contributed by atoms with Gasteiger partial charge in [-0.2, -0.15) is 0 Å². The maximum atomic E-state index is 5.05. The van der Waals surface area contributed by atoms with Gasteiger partial charge < -0.3 is 0 Å².